The molecule has 1 aliphatic heterocycles. The minimum Gasteiger partial charge on any atom is -0.393 e. The van der Waals surface area contributed by atoms with Gasteiger partial charge in [-0.3, -0.25) is 0 Å². The van der Waals surface area contributed by atoms with E-state index in [9.17, 15) is 5.11 Å². The summed E-state index contributed by atoms with van der Waals surface area (Å²) in [6, 6.07) is 0. The number of aliphatic hydroxyl groups excluding tert-OH is 1. The van der Waals surface area contributed by atoms with Gasteiger partial charge < -0.3 is 9.84 Å². The highest BCUT2D eigenvalue weighted by Crippen LogP contribution is 2.25. The van der Waals surface area contributed by atoms with Crippen molar-refractivity contribution in [1.29, 1.82) is 0 Å². The Bertz CT molecular complexity index is 137. The van der Waals surface area contributed by atoms with Gasteiger partial charge in [-0.05, 0) is 31.1 Å². The zero-order chi connectivity index (χ0) is 10.4. The predicted molar refractivity (Wildman–Crippen MR) is 58.2 cm³/mol. The minimum atomic E-state index is -0.0897. The third-order valence-electron chi connectivity index (χ3n) is 3.51. The van der Waals surface area contributed by atoms with Crippen molar-refractivity contribution in [2.45, 2.75) is 52.1 Å². The van der Waals surface area contributed by atoms with Crippen LogP contribution in [0.5, 0.6) is 0 Å². The molecule has 0 radical (unpaired) electrons. The summed E-state index contributed by atoms with van der Waals surface area (Å²) in [6.45, 7) is 6.11. The molecule has 0 aromatic heterocycles. The highest BCUT2D eigenvalue weighted by Gasteiger charge is 2.22. The van der Waals surface area contributed by atoms with Crippen LogP contribution in [-0.2, 0) is 4.74 Å². The number of rotatable bonds is 5. The third kappa shape index (κ3) is 3.58. The maximum Gasteiger partial charge on any atom is 0.0570 e. The molecule has 84 valence electrons. The minimum absolute atomic E-state index is 0.0897. The van der Waals surface area contributed by atoms with Crippen molar-refractivity contribution in [3.8, 4) is 0 Å². The molecular weight excluding hydrogens is 176 g/mol. The lowest BCUT2D eigenvalue weighted by atomic mass is 9.86. The monoisotopic (exact) mass is 200 g/mol. The second-order valence-corrected chi connectivity index (χ2v) is 4.44. The van der Waals surface area contributed by atoms with Crippen LogP contribution < -0.4 is 0 Å². The van der Waals surface area contributed by atoms with Crippen molar-refractivity contribution in [2.75, 3.05) is 13.2 Å². The van der Waals surface area contributed by atoms with Crippen molar-refractivity contribution in [1.82, 2.24) is 0 Å². The SMILES string of the molecule is CCC(CC)C(O)CC1CCOCC1. The number of hydrogen-bond acceptors (Lipinski definition) is 2. The van der Waals surface area contributed by atoms with Crippen LogP contribution in [0.2, 0.25) is 0 Å². The molecule has 1 saturated heterocycles. The Balaban J connectivity index is 2.26. The van der Waals surface area contributed by atoms with Gasteiger partial charge in [0.05, 0.1) is 6.10 Å². The molecule has 1 aliphatic rings. The molecule has 1 heterocycles. The first-order chi connectivity index (χ1) is 6.77. The van der Waals surface area contributed by atoms with E-state index >= 15 is 0 Å². The van der Waals surface area contributed by atoms with E-state index in [4.69, 9.17) is 4.74 Å². The average Bonchev–Trinajstić information content (AvgIpc) is 2.21. The molecule has 1 atom stereocenters. The number of hydrogen-bond donors (Lipinski definition) is 1. The Morgan fingerprint density at radius 1 is 1.21 bits per heavy atom. The Morgan fingerprint density at radius 2 is 1.79 bits per heavy atom. The predicted octanol–water partition coefficient (Wildman–Crippen LogP) is 2.60. The standard InChI is InChI=1S/C12H24O2/c1-3-11(4-2)12(13)9-10-5-7-14-8-6-10/h10-13H,3-9H2,1-2H3. The van der Waals surface area contributed by atoms with E-state index < -0.39 is 0 Å². The van der Waals surface area contributed by atoms with Crippen molar-refractivity contribution in [3.63, 3.8) is 0 Å². The van der Waals surface area contributed by atoms with Crippen molar-refractivity contribution in [3.05, 3.63) is 0 Å². The van der Waals surface area contributed by atoms with Crippen LogP contribution in [0.1, 0.15) is 46.0 Å². The Hall–Kier alpha value is -0.0800. The van der Waals surface area contributed by atoms with Crippen LogP contribution in [0.25, 0.3) is 0 Å². The van der Waals surface area contributed by atoms with E-state index in [0.29, 0.717) is 11.8 Å². The van der Waals surface area contributed by atoms with Gasteiger partial charge in [-0.1, -0.05) is 26.7 Å². The topological polar surface area (TPSA) is 29.5 Å². The number of aliphatic hydroxyl groups is 1. The molecule has 1 rings (SSSR count). The molecule has 0 bridgehead atoms. The highest BCUT2D eigenvalue weighted by molar-refractivity contribution is 4.72. The second-order valence-electron chi connectivity index (χ2n) is 4.44. The lowest BCUT2D eigenvalue weighted by Gasteiger charge is -2.27. The molecule has 2 heteroatoms. The third-order valence-corrected chi connectivity index (χ3v) is 3.51. The maximum absolute atomic E-state index is 10.0. The van der Waals surface area contributed by atoms with Gasteiger partial charge in [-0.2, -0.15) is 0 Å². The highest BCUT2D eigenvalue weighted by atomic mass is 16.5. The smallest absolute Gasteiger partial charge is 0.0570 e. The summed E-state index contributed by atoms with van der Waals surface area (Å²) < 4.78 is 5.31. The Kier molecular flexibility index (Phi) is 5.49. The summed E-state index contributed by atoms with van der Waals surface area (Å²) in [4.78, 5) is 0. The molecule has 0 aliphatic carbocycles. The quantitative estimate of drug-likeness (QED) is 0.739. The second kappa shape index (κ2) is 6.41. The molecule has 2 nitrogen and oxygen atoms in total. The lowest BCUT2D eigenvalue weighted by Crippen LogP contribution is -2.26. The zero-order valence-electron chi connectivity index (χ0n) is 9.54. The van der Waals surface area contributed by atoms with Crippen molar-refractivity contribution < 1.29 is 9.84 Å². The molecular formula is C12H24O2. The van der Waals surface area contributed by atoms with Crippen molar-refractivity contribution >= 4 is 0 Å². The largest absolute Gasteiger partial charge is 0.393 e. The van der Waals surface area contributed by atoms with Gasteiger partial charge in [0.25, 0.3) is 0 Å². The van der Waals surface area contributed by atoms with E-state index in [1.54, 1.807) is 0 Å². The molecule has 0 saturated carbocycles. The molecule has 0 aromatic rings. The molecule has 0 spiro atoms. The lowest BCUT2D eigenvalue weighted by molar-refractivity contribution is 0.0260. The first kappa shape index (κ1) is 12.0. The number of ether oxygens (including phenoxy) is 1. The van der Waals surface area contributed by atoms with Crippen LogP contribution in [0.4, 0.5) is 0 Å². The molecule has 1 fully saturated rings. The van der Waals surface area contributed by atoms with Crippen molar-refractivity contribution in [2.24, 2.45) is 11.8 Å². The summed E-state index contributed by atoms with van der Waals surface area (Å²) >= 11 is 0. The van der Waals surface area contributed by atoms with Crippen LogP contribution in [0.3, 0.4) is 0 Å². The maximum atomic E-state index is 10.0. The molecule has 0 aromatic carbocycles. The van der Waals surface area contributed by atoms with E-state index in [-0.39, 0.29) is 6.10 Å². The summed E-state index contributed by atoms with van der Waals surface area (Å²) in [5.41, 5.74) is 0. The van der Waals surface area contributed by atoms with Crippen LogP contribution in [0.15, 0.2) is 0 Å². The average molecular weight is 200 g/mol. The van der Waals surface area contributed by atoms with Gasteiger partial charge in [0, 0.05) is 13.2 Å². The van der Waals surface area contributed by atoms with E-state index in [2.05, 4.69) is 13.8 Å². The molecule has 1 unspecified atom stereocenters. The zero-order valence-corrected chi connectivity index (χ0v) is 9.54. The van der Waals surface area contributed by atoms with Gasteiger partial charge in [-0.15, -0.1) is 0 Å². The first-order valence-electron chi connectivity index (χ1n) is 6.03. The molecule has 1 N–H and O–H groups in total. The summed E-state index contributed by atoms with van der Waals surface area (Å²) in [5, 5.41) is 10.0. The first-order valence-corrected chi connectivity index (χ1v) is 6.03. The van der Waals surface area contributed by atoms with E-state index in [0.717, 1.165) is 45.3 Å². The summed E-state index contributed by atoms with van der Waals surface area (Å²) in [5.74, 6) is 1.19. The fraction of sp³-hybridized carbons (Fsp3) is 1.00. The van der Waals surface area contributed by atoms with Crippen LogP contribution in [0, 0.1) is 11.8 Å². The fourth-order valence-corrected chi connectivity index (χ4v) is 2.35. The van der Waals surface area contributed by atoms with Crippen LogP contribution >= 0.6 is 0 Å². The Morgan fingerprint density at radius 3 is 2.29 bits per heavy atom. The molecule has 0 amide bonds. The van der Waals surface area contributed by atoms with Crippen LogP contribution in [-0.4, -0.2) is 24.4 Å². The normalized spacial score (nSPS) is 21.4. The summed E-state index contributed by atoms with van der Waals surface area (Å²) in [7, 11) is 0. The van der Waals surface area contributed by atoms with Gasteiger partial charge in [0.2, 0.25) is 0 Å². The Labute approximate surface area is 87.7 Å². The summed E-state index contributed by atoms with van der Waals surface area (Å²) in [6.07, 6.45) is 5.36. The van der Waals surface area contributed by atoms with Gasteiger partial charge in [0.1, 0.15) is 0 Å². The van der Waals surface area contributed by atoms with Gasteiger partial charge in [-0.25, -0.2) is 0 Å². The van der Waals surface area contributed by atoms with E-state index in [1.807, 2.05) is 0 Å². The fourth-order valence-electron chi connectivity index (χ4n) is 2.35. The molecule has 14 heavy (non-hydrogen) atoms. The van der Waals surface area contributed by atoms with Gasteiger partial charge in [0.15, 0.2) is 0 Å². The van der Waals surface area contributed by atoms with Gasteiger partial charge >= 0.3 is 0 Å². The van der Waals surface area contributed by atoms with E-state index in [1.165, 1.54) is 0 Å².